The van der Waals surface area contributed by atoms with Crippen molar-refractivity contribution in [2.75, 3.05) is 20.6 Å². The normalized spacial score (nSPS) is 17.7. The zero-order valence-corrected chi connectivity index (χ0v) is 13.2. The van der Waals surface area contributed by atoms with Crippen molar-refractivity contribution in [2.24, 2.45) is 0 Å². The Kier molecular flexibility index (Phi) is 4.63. The zero-order chi connectivity index (χ0) is 13.9. The van der Waals surface area contributed by atoms with Crippen molar-refractivity contribution >= 4 is 21.8 Å². The molecule has 0 atom stereocenters. The van der Waals surface area contributed by atoms with Crippen molar-refractivity contribution in [3.8, 4) is 0 Å². The standard InChI is InChI=1S/C15H21BrN2O/c1-18(2)15(9-5-6-10-15)11-17-14(19)12-7-3-4-8-13(12)16/h3-4,7-8H,5-6,9-11H2,1-2H3,(H,17,19). The van der Waals surface area contributed by atoms with Crippen LogP contribution >= 0.6 is 15.9 Å². The zero-order valence-electron chi connectivity index (χ0n) is 11.6. The fraction of sp³-hybridized carbons (Fsp3) is 0.533. The molecule has 0 heterocycles. The van der Waals surface area contributed by atoms with Crippen LogP contribution in [-0.4, -0.2) is 37.0 Å². The molecule has 1 aromatic carbocycles. The third kappa shape index (κ3) is 3.18. The molecule has 19 heavy (non-hydrogen) atoms. The van der Waals surface area contributed by atoms with Gasteiger partial charge in [-0.2, -0.15) is 0 Å². The van der Waals surface area contributed by atoms with Gasteiger partial charge in [0.15, 0.2) is 0 Å². The number of hydrogen-bond donors (Lipinski definition) is 1. The maximum absolute atomic E-state index is 12.2. The van der Waals surface area contributed by atoms with Crippen LogP contribution in [0.5, 0.6) is 0 Å². The van der Waals surface area contributed by atoms with E-state index in [2.05, 4.69) is 40.2 Å². The molecule has 0 aromatic heterocycles. The van der Waals surface area contributed by atoms with Crippen molar-refractivity contribution in [2.45, 2.75) is 31.2 Å². The minimum absolute atomic E-state index is 0.000556. The van der Waals surface area contributed by atoms with Gasteiger partial charge in [0, 0.05) is 16.6 Å². The van der Waals surface area contributed by atoms with Crippen molar-refractivity contribution in [3.05, 3.63) is 34.3 Å². The average Bonchev–Trinajstić information content (AvgIpc) is 2.86. The smallest absolute Gasteiger partial charge is 0.252 e. The average molecular weight is 325 g/mol. The lowest BCUT2D eigenvalue weighted by atomic mass is 9.96. The first-order chi connectivity index (χ1) is 9.05. The van der Waals surface area contributed by atoms with Gasteiger partial charge in [0.05, 0.1) is 5.56 Å². The first kappa shape index (κ1) is 14.5. The summed E-state index contributed by atoms with van der Waals surface area (Å²) in [7, 11) is 4.21. The lowest BCUT2D eigenvalue weighted by Gasteiger charge is -2.36. The van der Waals surface area contributed by atoms with Crippen LogP contribution in [0.4, 0.5) is 0 Å². The van der Waals surface area contributed by atoms with Gasteiger partial charge < -0.3 is 10.2 Å². The molecule has 0 radical (unpaired) electrons. The van der Waals surface area contributed by atoms with E-state index < -0.39 is 0 Å². The lowest BCUT2D eigenvalue weighted by Crippen LogP contribution is -2.50. The van der Waals surface area contributed by atoms with Crippen LogP contribution in [0.25, 0.3) is 0 Å². The number of halogens is 1. The number of likely N-dealkylation sites (N-methyl/N-ethyl adjacent to an activating group) is 1. The third-order valence-corrected chi connectivity index (χ3v) is 4.87. The molecule has 1 aliphatic rings. The predicted molar refractivity (Wildman–Crippen MR) is 81.4 cm³/mol. The summed E-state index contributed by atoms with van der Waals surface area (Å²) in [4.78, 5) is 14.5. The summed E-state index contributed by atoms with van der Waals surface area (Å²) in [6.07, 6.45) is 4.83. The largest absolute Gasteiger partial charge is 0.350 e. The minimum Gasteiger partial charge on any atom is -0.350 e. The summed E-state index contributed by atoms with van der Waals surface area (Å²) in [5, 5.41) is 3.09. The van der Waals surface area contributed by atoms with Gasteiger partial charge in [-0.3, -0.25) is 4.79 Å². The van der Waals surface area contributed by atoms with E-state index in [0.717, 1.165) is 23.9 Å². The van der Waals surface area contributed by atoms with Crippen LogP contribution in [0.3, 0.4) is 0 Å². The highest BCUT2D eigenvalue weighted by atomic mass is 79.9. The van der Waals surface area contributed by atoms with E-state index >= 15 is 0 Å². The number of rotatable bonds is 4. The van der Waals surface area contributed by atoms with Gasteiger partial charge in [-0.05, 0) is 55.0 Å². The lowest BCUT2D eigenvalue weighted by molar-refractivity contribution is 0.0899. The number of amides is 1. The van der Waals surface area contributed by atoms with Crippen LogP contribution in [0.2, 0.25) is 0 Å². The van der Waals surface area contributed by atoms with Gasteiger partial charge in [-0.25, -0.2) is 0 Å². The van der Waals surface area contributed by atoms with Crippen LogP contribution in [0.1, 0.15) is 36.0 Å². The number of carbonyl (C=O) groups excluding carboxylic acids is 1. The second-order valence-corrected chi connectivity index (χ2v) is 6.34. The van der Waals surface area contributed by atoms with Crippen molar-refractivity contribution in [1.29, 1.82) is 0 Å². The molecule has 1 fully saturated rings. The molecule has 3 nitrogen and oxygen atoms in total. The molecule has 1 saturated carbocycles. The van der Waals surface area contributed by atoms with Gasteiger partial charge in [-0.1, -0.05) is 25.0 Å². The van der Waals surface area contributed by atoms with Crippen LogP contribution in [-0.2, 0) is 0 Å². The predicted octanol–water partition coefficient (Wildman–Crippen LogP) is 3.05. The van der Waals surface area contributed by atoms with Gasteiger partial charge in [0.1, 0.15) is 0 Å². The second-order valence-electron chi connectivity index (χ2n) is 5.49. The maximum Gasteiger partial charge on any atom is 0.252 e. The Morgan fingerprint density at radius 1 is 1.32 bits per heavy atom. The van der Waals surface area contributed by atoms with E-state index in [0.29, 0.717) is 5.56 Å². The molecule has 104 valence electrons. The topological polar surface area (TPSA) is 32.3 Å². The Balaban J connectivity index is 2.02. The first-order valence-corrected chi connectivity index (χ1v) is 7.55. The summed E-state index contributed by atoms with van der Waals surface area (Å²) in [5.74, 6) is 0.000556. The minimum atomic E-state index is 0.000556. The summed E-state index contributed by atoms with van der Waals surface area (Å²) in [6, 6.07) is 7.54. The number of nitrogens with one attached hydrogen (secondary N) is 1. The van der Waals surface area contributed by atoms with Crippen molar-refractivity contribution in [1.82, 2.24) is 10.2 Å². The van der Waals surface area contributed by atoms with Gasteiger partial charge in [0.25, 0.3) is 5.91 Å². The number of carbonyl (C=O) groups is 1. The molecule has 0 unspecified atom stereocenters. The molecule has 1 N–H and O–H groups in total. The first-order valence-electron chi connectivity index (χ1n) is 6.75. The maximum atomic E-state index is 12.2. The Bertz CT molecular complexity index is 453. The van der Waals surface area contributed by atoms with Gasteiger partial charge in [0.2, 0.25) is 0 Å². The molecule has 1 aromatic rings. The highest BCUT2D eigenvalue weighted by molar-refractivity contribution is 9.10. The highest BCUT2D eigenvalue weighted by Crippen LogP contribution is 2.33. The monoisotopic (exact) mass is 324 g/mol. The van der Waals surface area contributed by atoms with Crippen molar-refractivity contribution < 1.29 is 4.79 Å². The van der Waals surface area contributed by atoms with Crippen LogP contribution in [0.15, 0.2) is 28.7 Å². The Labute approximate surface area is 123 Å². The molecular formula is C15H21BrN2O. The van der Waals surface area contributed by atoms with E-state index in [9.17, 15) is 4.79 Å². The molecule has 0 aliphatic heterocycles. The Morgan fingerprint density at radius 3 is 2.53 bits per heavy atom. The number of benzene rings is 1. The highest BCUT2D eigenvalue weighted by Gasteiger charge is 2.36. The fourth-order valence-corrected chi connectivity index (χ4v) is 3.27. The van der Waals surface area contributed by atoms with Crippen molar-refractivity contribution in [3.63, 3.8) is 0 Å². The molecule has 2 rings (SSSR count). The second kappa shape index (κ2) is 6.06. The quantitative estimate of drug-likeness (QED) is 0.923. The Hall–Kier alpha value is -0.870. The summed E-state index contributed by atoms with van der Waals surface area (Å²) in [6.45, 7) is 0.722. The van der Waals surface area contributed by atoms with E-state index in [-0.39, 0.29) is 11.4 Å². The molecule has 0 spiro atoms. The fourth-order valence-electron chi connectivity index (χ4n) is 2.80. The van der Waals surface area contributed by atoms with E-state index in [1.807, 2.05) is 24.3 Å². The molecule has 4 heteroatoms. The Morgan fingerprint density at radius 2 is 1.95 bits per heavy atom. The molecular weight excluding hydrogens is 304 g/mol. The molecule has 1 aliphatic carbocycles. The van der Waals surface area contributed by atoms with E-state index in [1.54, 1.807) is 0 Å². The van der Waals surface area contributed by atoms with E-state index in [4.69, 9.17) is 0 Å². The number of nitrogens with zero attached hydrogens (tertiary/aromatic N) is 1. The van der Waals surface area contributed by atoms with E-state index in [1.165, 1.54) is 12.8 Å². The molecule has 0 bridgehead atoms. The summed E-state index contributed by atoms with van der Waals surface area (Å²) >= 11 is 3.42. The van der Waals surface area contributed by atoms with Crippen LogP contribution in [0, 0.1) is 0 Å². The molecule has 1 amide bonds. The third-order valence-electron chi connectivity index (χ3n) is 4.18. The molecule has 0 saturated heterocycles. The van der Waals surface area contributed by atoms with Gasteiger partial charge >= 0.3 is 0 Å². The SMILES string of the molecule is CN(C)C1(CNC(=O)c2ccccc2Br)CCCC1. The van der Waals surface area contributed by atoms with Crippen LogP contribution < -0.4 is 5.32 Å². The number of hydrogen-bond acceptors (Lipinski definition) is 2. The van der Waals surface area contributed by atoms with Gasteiger partial charge in [-0.15, -0.1) is 0 Å². The summed E-state index contributed by atoms with van der Waals surface area (Å²) < 4.78 is 0.845. The summed E-state index contributed by atoms with van der Waals surface area (Å²) in [5.41, 5.74) is 0.839.